The van der Waals surface area contributed by atoms with Crippen molar-refractivity contribution in [2.75, 3.05) is 14.2 Å². The van der Waals surface area contributed by atoms with Crippen LogP contribution in [0.15, 0.2) is 129 Å². The molecule has 1 heterocycles. The Morgan fingerprint density at radius 2 is 1.42 bits per heavy atom. The van der Waals surface area contributed by atoms with E-state index in [1.807, 2.05) is 71.3 Å². The number of benzene rings is 4. The highest BCUT2D eigenvalue weighted by Crippen LogP contribution is 2.27. The summed E-state index contributed by atoms with van der Waals surface area (Å²) in [5, 5.41) is 4.37. The molecule has 0 radical (unpaired) electrons. The average molecular weight is 676 g/mol. The number of hydrogen-bond donors (Lipinski definition) is 2. The van der Waals surface area contributed by atoms with E-state index in [0.29, 0.717) is 7.18 Å². The Morgan fingerprint density at radius 3 is 1.96 bits per heavy atom. The van der Waals surface area contributed by atoms with Gasteiger partial charge >= 0.3 is 0 Å². The van der Waals surface area contributed by atoms with E-state index in [-0.39, 0.29) is 6.04 Å². The zero-order chi connectivity index (χ0) is 37.9. The molecule has 4 heteroatoms. The fraction of sp³-hybridized carbons (Fsp3) is 0.283. The molecule has 0 saturated heterocycles. The number of fused-ring (bicyclic) bond motifs is 1. The van der Waals surface area contributed by atoms with Gasteiger partial charge in [-0.05, 0) is 121 Å². The van der Waals surface area contributed by atoms with Gasteiger partial charge in [-0.3, -0.25) is 9.37 Å². The topological polar surface area (TPSA) is 50.9 Å². The van der Waals surface area contributed by atoms with Crippen LogP contribution in [-0.2, 0) is 6.42 Å². The van der Waals surface area contributed by atoms with Crippen molar-refractivity contribution in [2.45, 2.75) is 74.3 Å². The normalized spacial score (nSPS) is 10.4. The first-order chi connectivity index (χ1) is 24.3. The quantitative estimate of drug-likeness (QED) is 0.161. The number of likely N-dealkylation sites (N-methyl/N-ethyl adjacent to an activating group) is 1. The fourth-order valence-electron chi connectivity index (χ4n) is 5.13. The van der Waals surface area contributed by atoms with Crippen molar-refractivity contribution in [1.29, 1.82) is 0 Å². The zero-order valence-corrected chi connectivity index (χ0v) is 32.4. The lowest BCUT2D eigenvalue weighted by Crippen LogP contribution is -2.22. The van der Waals surface area contributed by atoms with Gasteiger partial charge in [0.2, 0.25) is 0 Å². The summed E-state index contributed by atoms with van der Waals surface area (Å²) in [4.78, 5) is 4.43. The van der Waals surface area contributed by atoms with E-state index < -0.39 is 0 Å². The molecule has 0 bridgehead atoms. The lowest BCUT2D eigenvalue weighted by molar-refractivity contribution is 0.636. The molecule has 4 aromatic carbocycles. The number of rotatable bonds is 8. The van der Waals surface area contributed by atoms with E-state index in [9.17, 15) is 4.39 Å². The molecule has 5 aromatic rings. The van der Waals surface area contributed by atoms with Crippen LogP contribution in [0.3, 0.4) is 0 Å². The molecular formula is C46H62FN3. The second-order valence-electron chi connectivity index (χ2n) is 10.8. The minimum Gasteiger partial charge on any atom is -0.404 e. The van der Waals surface area contributed by atoms with E-state index in [1.54, 1.807) is 6.20 Å². The summed E-state index contributed by atoms with van der Waals surface area (Å²) in [6.07, 6.45) is 9.32. The first-order valence-electron chi connectivity index (χ1n) is 17.6. The van der Waals surface area contributed by atoms with Crippen LogP contribution in [0.1, 0.15) is 74.4 Å². The van der Waals surface area contributed by atoms with E-state index in [2.05, 4.69) is 130 Å². The second kappa shape index (κ2) is 27.1. The van der Waals surface area contributed by atoms with Gasteiger partial charge in [0.25, 0.3) is 0 Å². The number of pyridine rings is 1. The molecule has 0 aliphatic carbocycles. The van der Waals surface area contributed by atoms with E-state index in [4.69, 9.17) is 5.73 Å². The molecule has 50 heavy (non-hydrogen) atoms. The van der Waals surface area contributed by atoms with Crippen LogP contribution in [-0.4, -0.2) is 25.3 Å². The Balaban J connectivity index is 0.000000701. The summed E-state index contributed by atoms with van der Waals surface area (Å²) in [5.41, 5.74) is 18.0. The maximum Gasteiger partial charge on any atom is 0.0785 e. The Kier molecular flexibility index (Phi) is 24.5. The maximum atomic E-state index is 9.50. The molecule has 268 valence electrons. The lowest BCUT2D eigenvalue weighted by Gasteiger charge is -2.15. The summed E-state index contributed by atoms with van der Waals surface area (Å²) in [7, 11) is 2.43. The van der Waals surface area contributed by atoms with Crippen LogP contribution >= 0.6 is 0 Å². The molecular weight excluding hydrogens is 614 g/mol. The molecule has 0 amide bonds. The number of alkyl halides is 1. The maximum absolute atomic E-state index is 9.50. The van der Waals surface area contributed by atoms with E-state index >= 15 is 0 Å². The summed E-state index contributed by atoms with van der Waals surface area (Å²) in [5.74, 6) is 0. The third-order valence-corrected chi connectivity index (χ3v) is 7.78. The number of nitrogens with zero attached hydrogens (tertiary/aromatic N) is 1. The van der Waals surface area contributed by atoms with Gasteiger partial charge in [-0.1, -0.05) is 126 Å². The molecule has 0 fully saturated rings. The highest BCUT2D eigenvalue weighted by atomic mass is 19.1. The van der Waals surface area contributed by atoms with Gasteiger partial charge in [0.1, 0.15) is 0 Å². The summed E-state index contributed by atoms with van der Waals surface area (Å²) in [6.45, 7) is 24.2. The molecule has 1 unspecified atom stereocenters. The van der Waals surface area contributed by atoms with Crippen LogP contribution in [0.25, 0.3) is 33.7 Å². The van der Waals surface area contributed by atoms with Crippen molar-refractivity contribution in [3.05, 3.63) is 162 Å². The highest BCUT2D eigenvalue weighted by Gasteiger charge is 2.09. The number of nitrogens with one attached hydrogen (secondary N) is 1. The van der Waals surface area contributed by atoms with Crippen molar-refractivity contribution in [1.82, 2.24) is 10.3 Å². The van der Waals surface area contributed by atoms with Crippen LogP contribution in [0.4, 0.5) is 4.39 Å². The highest BCUT2D eigenvalue weighted by molar-refractivity contribution is 5.87. The standard InChI is InChI=1S/C18H15N.C14H20N2.C9H12.2C2H6.CH3F/c1-3-14-6-4-7-15(11-14)17-10-13(2)18-16(12-17)8-5-9-19-18;1-4-13(16-3)9-12(10-15)14-8-6-5-7-11(14)2;1-3-9-7-5-4-6-8(9)2;3*1-2/h3-12H,1H2,2H3;4-8,10,13,16H,1,9,15H2,2-3H3;4-7H,3H2,1-2H3;2*1-2H3;1H3/b;12-10+;;;;. The van der Waals surface area contributed by atoms with Crippen molar-refractivity contribution in [3.8, 4) is 11.1 Å². The average Bonchev–Trinajstić information content (AvgIpc) is 3.19. The molecule has 5 rings (SSSR count). The van der Waals surface area contributed by atoms with E-state index in [0.717, 1.165) is 29.5 Å². The van der Waals surface area contributed by atoms with Gasteiger partial charge in [0.15, 0.2) is 0 Å². The first kappa shape index (κ1) is 45.2. The fourth-order valence-corrected chi connectivity index (χ4v) is 5.13. The number of aromatic nitrogens is 1. The van der Waals surface area contributed by atoms with Crippen LogP contribution in [0.2, 0.25) is 0 Å². The van der Waals surface area contributed by atoms with E-state index in [1.165, 1.54) is 44.3 Å². The van der Waals surface area contributed by atoms with Gasteiger partial charge in [-0.15, -0.1) is 6.58 Å². The number of hydrogen-bond acceptors (Lipinski definition) is 3. The van der Waals surface area contributed by atoms with Gasteiger partial charge in [0.05, 0.1) is 12.7 Å². The molecule has 3 nitrogen and oxygen atoms in total. The predicted molar refractivity (Wildman–Crippen MR) is 223 cm³/mol. The Labute approximate surface area is 303 Å². The summed E-state index contributed by atoms with van der Waals surface area (Å²) >= 11 is 0. The monoisotopic (exact) mass is 675 g/mol. The molecule has 0 aliphatic heterocycles. The number of aryl methyl sites for hydroxylation is 4. The third-order valence-electron chi connectivity index (χ3n) is 7.78. The van der Waals surface area contributed by atoms with Gasteiger partial charge < -0.3 is 11.1 Å². The third kappa shape index (κ3) is 14.8. The SMILES string of the molecule is C=CC(C/C(=C\N)c1ccccc1C)NC.C=Cc1cccc(-c2cc(C)c3ncccc3c2)c1.CC.CC.CCc1ccccc1C.CF. The smallest absolute Gasteiger partial charge is 0.0785 e. The Morgan fingerprint density at radius 1 is 0.780 bits per heavy atom. The van der Waals surface area contributed by atoms with Crippen molar-refractivity contribution in [2.24, 2.45) is 5.73 Å². The molecule has 0 saturated carbocycles. The number of nitrogens with two attached hydrogens (primary N) is 1. The van der Waals surface area contributed by atoms with Gasteiger partial charge in [-0.2, -0.15) is 0 Å². The van der Waals surface area contributed by atoms with Crippen molar-refractivity contribution < 1.29 is 4.39 Å². The molecule has 1 aromatic heterocycles. The summed E-state index contributed by atoms with van der Waals surface area (Å²) in [6, 6.07) is 33.9. The van der Waals surface area contributed by atoms with Crippen LogP contribution < -0.4 is 11.1 Å². The van der Waals surface area contributed by atoms with Crippen molar-refractivity contribution in [3.63, 3.8) is 0 Å². The lowest BCUT2D eigenvalue weighted by atomic mass is 9.96. The first-order valence-corrected chi connectivity index (χ1v) is 17.6. The zero-order valence-electron chi connectivity index (χ0n) is 32.4. The van der Waals surface area contributed by atoms with Crippen molar-refractivity contribution >= 4 is 22.6 Å². The minimum absolute atomic E-state index is 0.259. The second-order valence-corrected chi connectivity index (χ2v) is 10.8. The van der Waals surface area contributed by atoms with Crippen LogP contribution in [0, 0.1) is 20.8 Å². The minimum atomic E-state index is 0.259. The number of halogens is 1. The van der Waals surface area contributed by atoms with Gasteiger partial charge in [-0.25, -0.2) is 0 Å². The Hall–Kier alpha value is -4.80. The molecule has 0 aliphatic rings. The molecule has 1 atom stereocenters. The largest absolute Gasteiger partial charge is 0.404 e. The molecule has 0 spiro atoms. The summed E-state index contributed by atoms with van der Waals surface area (Å²) < 4.78 is 9.50. The van der Waals surface area contributed by atoms with Gasteiger partial charge in [0, 0.05) is 17.6 Å². The molecule has 3 N–H and O–H groups in total. The Bertz CT molecular complexity index is 1700. The predicted octanol–water partition coefficient (Wildman–Crippen LogP) is 12.5. The van der Waals surface area contributed by atoms with Crippen LogP contribution in [0.5, 0.6) is 0 Å².